The summed E-state index contributed by atoms with van der Waals surface area (Å²) in [5, 5.41) is 7.89. The number of carbonyl (C=O) groups is 1. The molecule has 0 bridgehead atoms. The maximum absolute atomic E-state index is 12.3. The van der Waals surface area contributed by atoms with E-state index in [1.165, 1.54) is 6.26 Å². The van der Waals surface area contributed by atoms with Crippen LogP contribution in [0.15, 0.2) is 37.5 Å². The summed E-state index contributed by atoms with van der Waals surface area (Å²) < 4.78 is 33.9. The molecule has 0 radical (unpaired) electrons. The predicted molar refractivity (Wildman–Crippen MR) is 99.3 cm³/mol. The van der Waals surface area contributed by atoms with Crippen molar-refractivity contribution in [2.24, 2.45) is 5.14 Å². The molecule has 1 aromatic carbocycles. The predicted octanol–water partition coefficient (Wildman–Crippen LogP) is 2.95. The number of halogens is 1. The molecular weight excluding hydrogens is 408 g/mol. The summed E-state index contributed by atoms with van der Waals surface area (Å²) in [4.78, 5) is 11.7. The number of sulfonamides is 1. The first-order valence-corrected chi connectivity index (χ1v) is 9.73. The second-order valence-corrected chi connectivity index (χ2v) is 7.56. The zero-order valence-corrected chi connectivity index (χ0v) is 16.3. The van der Waals surface area contributed by atoms with Crippen molar-refractivity contribution in [3.8, 4) is 0 Å². The summed E-state index contributed by atoms with van der Waals surface area (Å²) in [6.45, 7) is 1.90. The maximum Gasteiger partial charge on any atom is 0.341 e. The number of primary sulfonamides is 1. The first-order chi connectivity index (χ1) is 11.7. The van der Waals surface area contributed by atoms with Crippen LogP contribution in [0.25, 0.3) is 0 Å². The molecule has 0 saturated carbocycles. The van der Waals surface area contributed by atoms with E-state index in [0.29, 0.717) is 5.76 Å². The molecule has 0 aliphatic heterocycles. The molecule has 0 saturated heterocycles. The molecular formula is C14H15ClN2O5S3. The maximum atomic E-state index is 12.3. The van der Waals surface area contributed by atoms with Gasteiger partial charge in [-0.3, -0.25) is 0 Å². The minimum absolute atomic E-state index is 0.0260. The number of nitrogens with one attached hydrogen (secondary N) is 1. The summed E-state index contributed by atoms with van der Waals surface area (Å²) in [5.41, 5.74) is 0.0377. The van der Waals surface area contributed by atoms with Crippen molar-refractivity contribution in [3.63, 3.8) is 0 Å². The summed E-state index contributed by atoms with van der Waals surface area (Å²) in [7, 11) is -4.24. The van der Waals surface area contributed by atoms with Crippen molar-refractivity contribution < 1.29 is 22.4 Å². The van der Waals surface area contributed by atoms with Gasteiger partial charge in [0.1, 0.15) is 10.7 Å². The number of carbonyl (C=O) groups excluding carboxylic acids is 1. The first kappa shape index (κ1) is 20.0. The minimum atomic E-state index is -4.24. The Bertz CT molecular complexity index is 898. The molecule has 0 spiro atoms. The average Bonchev–Trinajstić information content (AvgIpc) is 3.01. The van der Waals surface area contributed by atoms with Crippen LogP contribution in [-0.4, -0.2) is 21.0 Å². The van der Waals surface area contributed by atoms with E-state index in [-0.39, 0.29) is 39.2 Å². The zero-order chi connectivity index (χ0) is 18.8. The van der Waals surface area contributed by atoms with Gasteiger partial charge in [0, 0.05) is 9.79 Å². The molecule has 0 unspecified atom stereocenters. The summed E-state index contributed by atoms with van der Waals surface area (Å²) in [6.07, 6.45) is 1.49. The third-order valence-corrected chi connectivity index (χ3v) is 5.77. The van der Waals surface area contributed by atoms with Gasteiger partial charge in [-0.1, -0.05) is 11.6 Å². The Morgan fingerprint density at radius 3 is 2.60 bits per heavy atom. The molecule has 2 aromatic rings. The third-order valence-electron chi connectivity index (χ3n) is 3.13. The quantitative estimate of drug-likeness (QED) is 0.420. The number of hydrogen-bond donors (Lipinski definition) is 4. The lowest BCUT2D eigenvalue weighted by molar-refractivity contribution is 0.0522. The van der Waals surface area contributed by atoms with Gasteiger partial charge in [0.15, 0.2) is 0 Å². The highest BCUT2D eigenvalue weighted by atomic mass is 35.5. The molecule has 3 N–H and O–H groups in total. The number of anilines is 1. The molecule has 25 heavy (non-hydrogen) atoms. The van der Waals surface area contributed by atoms with Crippen LogP contribution in [0, 0.1) is 0 Å². The van der Waals surface area contributed by atoms with E-state index < -0.39 is 20.9 Å². The number of thiol groups is 2. The van der Waals surface area contributed by atoms with Gasteiger partial charge in [0.2, 0.25) is 10.0 Å². The van der Waals surface area contributed by atoms with E-state index in [1.807, 2.05) is 0 Å². The van der Waals surface area contributed by atoms with E-state index in [2.05, 4.69) is 30.6 Å². The Balaban J connectivity index is 2.65. The van der Waals surface area contributed by atoms with Crippen molar-refractivity contribution in [2.45, 2.75) is 28.2 Å². The molecule has 1 heterocycles. The zero-order valence-electron chi connectivity index (χ0n) is 12.9. The monoisotopic (exact) mass is 422 g/mol. The number of rotatable bonds is 6. The second-order valence-electron chi connectivity index (χ2n) is 4.79. The number of hydrogen-bond acceptors (Lipinski definition) is 8. The van der Waals surface area contributed by atoms with Gasteiger partial charge in [-0.15, -0.1) is 25.3 Å². The van der Waals surface area contributed by atoms with Crippen LogP contribution in [0.2, 0.25) is 5.02 Å². The van der Waals surface area contributed by atoms with E-state index in [0.717, 1.165) is 0 Å². The molecule has 1 aromatic heterocycles. The molecule has 0 fully saturated rings. The number of esters is 1. The molecule has 7 nitrogen and oxygen atoms in total. The highest BCUT2D eigenvalue weighted by Crippen LogP contribution is 2.42. The van der Waals surface area contributed by atoms with Gasteiger partial charge >= 0.3 is 5.97 Å². The van der Waals surface area contributed by atoms with Gasteiger partial charge in [0.05, 0.1) is 35.7 Å². The van der Waals surface area contributed by atoms with Crippen molar-refractivity contribution in [1.29, 1.82) is 0 Å². The Morgan fingerprint density at radius 1 is 1.40 bits per heavy atom. The van der Waals surface area contributed by atoms with Crippen molar-refractivity contribution >= 4 is 58.5 Å². The van der Waals surface area contributed by atoms with Crippen LogP contribution in [0.4, 0.5) is 5.69 Å². The van der Waals surface area contributed by atoms with Crippen molar-refractivity contribution in [3.05, 3.63) is 34.7 Å². The lowest BCUT2D eigenvalue weighted by Crippen LogP contribution is -2.18. The third kappa shape index (κ3) is 4.26. The Morgan fingerprint density at radius 2 is 2.08 bits per heavy atom. The Labute approximate surface area is 160 Å². The van der Waals surface area contributed by atoms with Crippen LogP contribution in [0.5, 0.6) is 0 Å². The Kier molecular flexibility index (Phi) is 6.33. The smallest absolute Gasteiger partial charge is 0.341 e. The number of benzene rings is 1. The van der Waals surface area contributed by atoms with Crippen LogP contribution in [-0.2, 0) is 21.3 Å². The highest BCUT2D eigenvalue weighted by Gasteiger charge is 2.30. The first-order valence-electron chi connectivity index (χ1n) is 6.92. The molecule has 2 rings (SSSR count). The molecule has 0 aliphatic carbocycles. The molecule has 0 aliphatic rings. The molecule has 0 atom stereocenters. The normalized spacial score (nSPS) is 11.4. The lowest BCUT2D eigenvalue weighted by atomic mass is 10.1. The fourth-order valence-electron chi connectivity index (χ4n) is 2.09. The minimum Gasteiger partial charge on any atom is -0.467 e. The van der Waals surface area contributed by atoms with Crippen molar-refractivity contribution in [2.75, 3.05) is 11.9 Å². The number of nitrogens with two attached hydrogens (primary N) is 1. The SMILES string of the molecule is CCOC(=O)c1c(S)c(S(N)(=O)=O)c(Cl)c(S)c1NCc1ccco1. The fraction of sp³-hybridized carbons (Fsp3) is 0.214. The van der Waals surface area contributed by atoms with Gasteiger partial charge < -0.3 is 14.5 Å². The van der Waals surface area contributed by atoms with Crippen LogP contribution in [0.3, 0.4) is 0 Å². The van der Waals surface area contributed by atoms with Crippen LogP contribution < -0.4 is 10.5 Å². The van der Waals surface area contributed by atoms with E-state index >= 15 is 0 Å². The van der Waals surface area contributed by atoms with Crippen LogP contribution in [0.1, 0.15) is 23.0 Å². The lowest BCUT2D eigenvalue weighted by Gasteiger charge is -2.19. The second kappa shape index (κ2) is 7.92. The average molecular weight is 423 g/mol. The summed E-state index contributed by atoms with van der Waals surface area (Å²) in [5.74, 6) is -0.207. The summed E-state index contributed by atoms with van der Waals surface area (Å²) in [6, 6.07) is 3.42. The topological polar surface area (TPSA) is 112 Å². The molecule has 0 amide bonds. The van der Waals surface area contributed by atoms with Gasteiger partial charge in [-0.05, 0) is 19.1 Å². The van der Waals surface area contributed by atoms with E-state index in [9.17, 15) is 13.2 Å². The number of ether oxygens (including phenoxy) is 1. The van der Waals surface area contributed by atoms with E-state index in [4.69, 9.17) is 25.9 Å². The van der Waals surface area contributed by atoms with Crippen molar-refractivity contribution in [1.82, 2.24) is 0 Å². The van der Waals surface area contributed by atoms with Gasteiger partial charge in [-0.2, -0.15) is 0 Å². The van der Waals surface area contributed by atoms with Gasteiger partial charge in [0.25, 0.3) is 0 Å². The van der Waals surface area contributed by atoms with Gasteiger partial charge in [-0.25, -0.2) is 18.4 Å². The molecule has 11 heteroatoms. The number of furan rings is 1. The summed E-state index contributed by atoms with van der Waals surface area (Å²) >= 11 is 14.5. The molecule has 136 valence electrons. The largest absolute Gasteiger partial charge is 0.467 e. The highest BCUT2D eigenvalue weighted by molar-refractivity contribution is 7.90. The van der Waals surface area contributed by atoms with E-state index in [1.54, 1.807) is 19.1 Å². The van der Waals surface area contributed by atoms with Crippen LogP contribution >= 0.6 is 36.9 Å². The Hall–Kier alpha value is -1.33. The fourth-order valence-corrected chi connectivity index (χ4v) is 4.47. The standard InChI is InChI=1S/C14H15ClN2O5S3/c1-2-21-14(18)8-10(17-6-7-4-3-5-22-7)12(24)9(15)13(11(8)23)25(16,19)20/h3-5,17,23-24H,2,6H2,1H3,(H2,16,19,20).